The highest BCUT2D eigenvalue weighted by Crippen LogP contribution is 2.11. The number of pyridine rings is 1. The van der Waals surface area contributed by atoms with Crippen LogP contribution in [0.4, 0.5) is 5.82 Å². The Kier molecular flexibility index (Phi) is 4.80. The van der Waals surface area contributed by atoms with Crippen molar-refractivity contribution in [3.63, 3.8) is 0 Å². The summed E-state index contributed by atoms with van der Waals surface area (Å²) in [5.74, 6) is 0.269. The van der Waals surface area contributed by atoms with Crippen LogP contribution in [0.15, 0.2) is 29.0 Å². The molecule has 2 aromatic heterocycles. The lowest BCUT2D eigenvalue weighted by Crippen LogP contribution is -2.19. The van der Waals surface area contributed by atoms with Crippen LogP contribution in [-0.2, 0) is 11.3 Å². The average molecular weight is 339 g/mol. The van der Waals surface area contributed by atoms with E-state index in [0.717, 1.165) is 10.9 Å². The number of amides is 1. The molecule has 1 amide bonds. The molecular weight excluding hydrogens is 324 g/mol. The van der Waals surface area contributed by atoms with E-state index in [-0.39, 0.29) is 18.5 Å². The van der Waals surface area contributed by atoms with Crippen molar-refractivity contribution < 1.29 is 4.79 Å². The van der Waals surface area contributed by atoms with E-state index in [2.05, 4.69) is 36.5 Å². The Labute approximate surface area is 124 Å². The van der Waals surface area contributed by atoms with E-state index in [4.69, 9.17) is 5.73 Å². The van der Waals surface area contributed by atoms with Crippen LogP contribution in [0.2, 0.25) is 0 Å². The van der Waals surface area contributed by atoms with Gasteiger partial charge in [-0.25, -0.2) is 9.67 Å². The summed E-state index contributed by atoms with van der Waals surface area (Å²) in [5, 5.41) is 10.5. The first-order chi connectivity index (χ1) is 9.58. The Morgan fingerprint density at radius 1 is 1.55 bits per heavy atom. The van der Waals surface area contributed by atoms with Crippen LogP contribution in [0.5, 0.6) is 0 Å². The zero-order chi connectivity index (χ0) is 14.5. The van der Waals surface area contributed by atoms with Crippen LogP contribution in [0.3, 0.4) is 0 Å². The summed E-state index contributed by atoms with van der Waals surface area (Å²) in [5.41, 5.74) is 6.53. The number of hydrogen-bond donors (Lipinski definition) is 2. The minimum absolute atomic E-state index is 0.0706. The molecule has 0 fully saturated rings. The molecule has 0 aliphatic rings. The van der Waals surface area contributed by atoms with Crippen molar-refractivity contribution in [1.29, 1.82) is 0 Å². The lowest BCUT2D eigenvalue weighted by molar-refractivity contribution is -0.116. The van der Waals surface area contributed by atoms with Gasteiger partial charge in [0.25, 0.3) is 0 Å². The summed E-state index contributed by atoms with van der Waals surface area (Å²) >= 11 is 3.28. The second kappa shape index (κ2) is 6.58. The van der Waals surface area contributed by atoms with Gasteiger partial charge in [0.05, 0.1) is 17.9 Å². The smallest absolute Gasteiger partial charge is 0.247 e. The SMILES string of the molecule is CCC(N)c1cn(CC(=O)Nc2ccc(Br)cn2)nn1. The molecule has 2 aromatic rings. The van der Waals surface area contributed by atoms with E-state index in [0.29, 0.717) is 11.5 Å². The fourth-order valence-corrected chi connectivity index (χ4v) is 1.78. The van der Waals surface area contributed by atoms with Gasteiger partial charge in [-0.3, -0.25) is 4.79 Å². The first kappa shape index (κ1) is 14.6. The van der Waals surface area contributed by atoms with Crippen LogP contribution in [0, 0.1) is 0 Å². The molecule has 0 aliphatic heterocycles. The molecule has 0 saturated heterocycles. The van der Waals surface area contributed by atoms with Gasteiger partial charge in [0, 0.05) is 10.7 Å². The molecule has 8 heteroatoms. The second-order valence-corrected chi connectivity index (χ2v) is 5.18. The topological polar surface area (TPSA) is 98.7 Å². The van der Waals surface area contributed by atoms with Gasteiger partial charge in [-0.2, -0.15) is 0 Å². The lowest BCUT2D eigenvalue weighted by atomic mass is 10.2. The Hall–Kier alpha value is -1.80. The van der Waals surface area contributed by atoms with Gasteiger partial charge in [0.15, 0.2) is 0 Å². The van der Waals surface area contributed by atoms with Crippen LogP contribution in [-0.4, -0.2) is 25.9 Å². The molecule has 0 saturated carbocycles. The molecule has 0 bridgehead atoms. The third-order valence-electron chi connectivity index (χ3n) is 2.68. The fraction of sp³-hybridized carbons (Fsp3) is 0.333. The highest BCUT2D eigenvalue weighted by atomic mass is 79.9. The normalized spacial score (nSPS) is 12.2. The number of nitrogens with two attached hydrogens (primary N) is 1. The molecule has 20 heavy (non-hydrogen) atoms. The number of carbonyl (C=O) groups is 1. The monoisotopic (exact) mass is 338 g/mol. The Morgan fingerprint density at radius 2 is 2.35 bits per heavy atom. The number of nitrogens with one attached hydrogen (secondary N) is 1. The van der Waals surface area contributed by atoms with Crippen LogP contribution >= 0.6 is 15.9 Å². The Balaban J connectivity index is 1.94. The third-order valence-corrected chi connectivity index (χ3v) is 3.15. The Morgan fingerprint density at radius 3 is 3.00 bits per heavy atom. The van der Waals surface area contributed by atoms with E-state index in [1.54, 1.807) is 24.5 Å². The van der Waals surface area contributed by atoms with E-state index >= 15 is 0 Å². The van der Waals surface area contributed by atoms with E-state index in [1.165, 1.54) is 4.68 Å². The molecule has 7 nitrogen and oxygen atoms in total. The number of nitrogens with zero attached hydrogens (tertiary/aromatic N) is 4. The minimum Gasteiger partial charge on any atom is -0.323 e. The second-order valence-electron chi connectivity index (χ2n) is 4.27. The summed E-state index contributed by atoms with van der Waals surface area (Å²) in [6, 6.07) is 3.36. The van der Waals surface area contributed by atoms with Gasteiger partial charge in [0.1, 0.15) is 12.4 Å². The van der Waals surface area contributed by atoms with Crippen molar-refractivity contribution in [2.75, 3.05) is 5.32 Å². The number of hydrogen-bond acceptors (Lipinski definition) is 5. The number of rotatable bonds is 5. The van der Waals surface area contributed by atoms with Gasteiger partial charge in [-0.1, -0.05) is 12.1 Å². The molecule has 1 unspecified atom stereocenters. The molecule has 2 rings (SSSR count). The predicted octanol–water partition coefficient (Wildman–Crippen LogP) is 1.48. The van der Waals surface area contributed by atoms with Crippen LogP contribution in [0.1, 0.15) is 25.1 Å². The highest BCUT2D eigenvalue weighted by Gasteiger charge is 2.10. The molecule has 0 radical (unpaired) electrons. The van der Waals surface area contributed by atoms with Crippen molar-refractivity contribution in [2.24, 2.45) is 5.73 Å². The van der Waals surface area contributed by atoms with Gasteiger partial charge < -0.3 is 11.1 Å². The summed E-state index contributed by atoms with van der Waals surface area (Å²) in [7, 11) is 0. The summed E-state index contributed by atoms with van der Waals surface area (Å²) < 4.78 is 2.31. The van der Waals surface area contributed by atoms with Crippen LogP contribution in [0.25, 0.3) is 0 Å². The molecule has 0 aliphatic carbocycles. The molecule has 1 atom stereocenters. The maximum absolute atomic E-state index is 11.8. The standard InChI is InChI=1S/C12H15BrN6O/c1-2-9(14)10-6-19(18-17-10)7-12(20)16-11-4-3-8(13)5-15-11/h3-6,9H,2,7,14H2,1H3,(H,15,16,20). The van der Waals surface area contributed by atoms with Gasteiger partial charge in [-0.15, -0.1) is 5.10 Å². The number of anilines is 1. The van der Waals surface area contributed by atoms with E-state index in [1.807, 2.05) is 6.92 Å². The number of aromatic nitrogens is 4. The van der Waals surface area contributed by atoms with E-state index < -0.39 is 0 Å². The first-order valence-electron chi connectivity index (χ1n) is 6.15. The molecular formula is C12H15BrN6O. The highest BCUT2D eigenvalue weighted by molar-refractivity contribution is 9.10. The van der Waals surface area contributed by atoms with Crippen molar-refractivity contribution >= 4 is 27.7 Å². The van der Waals surface area contributed by atoms with Gasteiger partial charge in [0.2, 0.25) is 5.91 Å². The molecule has 106 valence electrons. The maximum atomic E-state index is 11.8. The van der Waals surface area contributed by atoms with Gasteiger partial charge >= 0.3 is 0 Å². The van der Waals surface area contributed by atoms with Crippen LogP contribution < -0.4 is 11.1 Å². The van der Waals surface area contributed by atoms with Crippen molar-refractivity contribution in [3.05, 3.63) is 34.7 Å². The van der Waals surface area contributed by atoms with Crippen molar-refractivity contribution in [1.82, 2.24) is 20.0 Å². The average Bonchev–Trinajstić information content (AvgIpc) is 2.89. The molecule has 0 spiro atoms. The van der Waals surface area contributed by atoms with Crippen molar-refractivity contribution in [2.45, 2.75) is 25.9 Å². The third kappa shape index (κ3) is 3.84. The summed E-state index contributed by atoms with van der Waals surface area (Å²) in [4.78, 5) is 15.9. The Bertz CT molecular complexity index is 582. The maximum Gasteiger partial charge on any atom is 0.247 e. The molecule has 2 heterocycles. The molecule has 0 aromatic carbocycles. The summed E-state index contributed by atoms with van der Waals surface area (Å²) in [6.07, 6.45) is 4.07. The summed E-state index contributed by atoms with van der Waals surface area (Å²) in [6.45, 7) is 2.04. The van der Waals surface area contributed by atoms with Crippen molar-refractivity contribution in [3.8, 4) is 0 Å². The predicted molar refractivity (Wildman–Crippen MR) is 77.8 cm³/mol. The fourth-order valence-electron chi connectivity index (χ4n) is 1.55. The zero-order valence-electron chi connectivity index (χ0n) is 11.0. The lowest BCUT2D eigenvalue weighted by Gasteiger charge is -2.04. The quantitative estimate of drug-likeness (QED) is 0.860. The zero-order valence-corrected chi connectivity index (χ0v) is 12.5. The number of carbonyl (C=O) groups excluding carboxylic acids is 1. The first-order valence-corrected chi connectivity index (χ1v) is 6.94. The van der Waals surface area contributed by atoms with E-state index in [9.17, 15) is 4.79 Å². The molecule has 3 N–H and O–H groups in total. The largest absolute Gasteiger partial charge is 0.323 e. The van der Waals surface area contributed by atoms with Gasteiger partial charge in [-0.05, 0) is 34.5 Å². The minimum atomic E-state index is -0.221. The number of halogens is 1.